The van der Waals surface area contributed by atoms with Crippen LogP contribution < -0.4 is 5.32 Å². The summed E-state index contributed by atoms with van der Waals surface area (Å²) in [6.45, 7) is 1.56. The van der Waals surface area contributed by atoms with E-state index in [0.717, 1.165) is 38.8 Å². The van der Waals surface area contributed by atoms with Gasteiger partial charge >= 0.3 is 12.2 Å². The van der Waals surface area contributed by atoms with Crippen molar-refractivity contribution in [3.63, 3.8) is 0 Å². The maximum atomic E-state index is 11.8. The Morgan fingerprint density at radius 3 is 2.64 bits per heavy atom. The molecule has 1 aliphatic rings. The molecule has 0 bridgehead atoms. The highest BCUT2D eigenvalue weighted by Gasteiger charge is 2.22. The minimum atomic E-state index is -0.540. The number of nitrogens with zero attached hydrogens (tertiary/aromatic N) is 2. The number of aromatic nitrogens is 1. The van der Waals surface area contributed by atoms with E-state index in [0.29, 0.717) is 17.4 Å². The van der Waals surface area contributed by atoms with Crippen LogP contribution in [0.4, 0.5) is 15.3 Å². The summed E-state index contributed by atoms with van der Waals surface area (Å²) in [7, 11) is 1.42. The van der Waals surface area contributed by atoms with E-state index < -0.39 is 6.09 Å². The van der Waals surface area contributed by atoms with Gasteiger partial charge in [-0.2, -0.15) is 0 Å². The second-order valence-corrected chi connectivity index (χ2v) is 6.80. The number of anilines is 1. The van der Waals surface area contributed by atoms with E-state index in [1.165, 1.54) is 25.3 Å². The minimum Gasteiger partial charge on any atom is -0.453 e. The van der Waals surface area contributed by atoms with Gasteiger partial charge < -0.3 is 18.8 Å². The van der Waals surface area contributed by atoms with E-state index in [2.05, 4.69) is 10.3 Å². The average Bonchev–Trinajstić information content (AvgIpc) is 3.25. The fraction of sp³-hybridized carbons (Fsp3) is 0.450. The van der Waals surface area contributed by atoms with Gasteiger partial charge in [-0.1, -0.05) is 12.1 Å². The average molecular weight is 387 g/mol. The molecule has 0 spiro atoms. The van der Waals surface area contributed by atoms with Gasteiger partial charge in [-0.3, -0.25) is 5.32 Å². The molecule has 0 unspecified atom stereocenters. The number of hydrogen-bond acceptors (Lipinski definition) is 6. The van der Waals surface area contributed by atoms with Crippen molar-refractivity contribution in [3.8, 4) is 0 Å². The molecule has 1 aliphatic heterocycles. The van der Waals surface area contributed by atoms with Gasteiger partial charge in [-0.15, -0.1) is 0 Å². The SMILES string of the molecule is COC(=O)N1CCC(CCc2ccc(NC(=O)OCc3cnco3)cc2)CC1. The second kappa shape index (κ2) is 9.77. The molecule has 2 heterocycles. The number of benzene rings is 1. The predicted molar refractivity (Wildman–Crippen MR) is 102 cm³/mol. The topological polar surface area (TPSA) is 93.9 Å². The number of nitrogens with one attached hydrogen (secondary N) is 1. The van der Waals surface area contributed by atoms with Crippen LogP contribution in [0.25, 0.3) is 0 Å². The maximum Gasteiger partial charge on any atom is 0.412 e. The van der Waals surface area contributed by atoms with Crippen molar-refractivity contribution in [3.05, 3.63) is 48.2 Å². The largest absolute Gasteiger partial charge is 0.453 e. The van der Waals surface area contributed by atoms with Crippen LogP contribution in [0.3, 0.4) is 0 Å². The number of methoxy groups -OCH3 is 1. The Labute approximate surface area is 163 Å². The van der Waals surface area contributed by atoms with Gasteiger partial charge in [0, 0.05) is 18.8 Å². The molecule has 2 amide bonds. The maximum absolute atomic E-state index is 11.8. The fourth-order valence-corrected chi connectivity index (χ4v) is 3.26. The molecular weight excluding hydrogens is 362 g/mol. The number of piperidine rings is 1. The van der Waals surface area contributed by atoms with Crippen LogP contribution in [0.5, 0.6) is 0 Å². The summed E-state index contributed by atoms with van der Waals surface area (Å²) in [4.78, 5) is 28.8. The molecule has 1 saturated heterocycles. The summed E-state index contributed by atoms with van der Waals surface area (Å²) in [5.41, 5.74) is 1.90. The summed E-state index contributed by atoms with van der Waals surface area (Å²) in [6.07, 6.45) is 6.08. The smallest absolute Gasteiger partial charge is 0.412 e. The molecule has 1 fully saturated rings. The predicted octanol–water partition coefficient (Wildman–Crippen LogP) is 3.83. The molecular formula is C20H25N3O5. The highest BCUT2D eigenvalue weighted by molar-refractivity contribution is 5.84. The van der Waals surface area contributed by atoms with Crippen LogP contribution in [0.15, 0.2) is 41.3 Å². The van der Waals surface area contributed by atoms with Gasteiger partial charge in [0.05, 0.1) is 13.3 Å². The van der Waals surface area contributed by atoms with Crippen molar-refractivity contribution in [1.82, 2.24) is 9.88 Å². The Kier molecular flexibility index (Phi) is 6.89. The lowest BCUT2D eigenvalue weighted by Crippen LogP contribution is -2.38. The monoisotopic (exact) mass is 387 g/mol. The van der Waals surface area contributed by atoms with Crippen molar-refractivity contribution in [2.75, 3.05) is 25.5 Å². The lowest BCUT2D eigenvalue weighted by Gasteiger charge is -2.30. The number of amides is 2. The number of likely N-dealkylation sites (tertiary alicyclic amines) is 1. The van der Waals surface area contributed by atoms with E-state index in [4.69, 9.17) is 13.9 Å². The van der Waals surface area contributed by atoms with Gasteiger partial charge in [0.25, 0.3) is 0 Å². The summed E-state index contributed by atoms with van der Waals surface area (Å²) in [5.74, 6) is 1.10. The Hall–Kier alpha value is -3.03. The molecule has 0 saturated carbocycles. The number of ether oxygens (including phenoxy) is 2. The Balaban J connectivity index is 1.37. The van der Waals surface area contributed by atoms with Crippen LogP contribution in [-0.4, -0.2) is 42.3 Å². The third kappa shape index (κ3) is 5.73. The quantitative estimate of drug-likeness (QED) is 0.809. The molecule has 8 nitrogen and oxygen atoms in total. The number of rotatable bonds is 6. The van der Waals surface area contributed by atoms with Gasteiger partial charge in [-0.25, -0.2) is 14.6 Å². The lowest BCUT2D eigenvalue weighted by atomic mass is 9.90. The Bertz CT molecular complexity index is 753. The number of carbonyl (C=O) groups excluding carboxylic acids is 2. The molecule has 3 rings (SSSR count). The number of hydrogen-bond donors (Lipinski definition) is 1. The lowest BCUT2D eigenvalue weighted by molar-refractivity contribution is 0.105. The zero-order valence-corrected chi connectivity index (χ0v) is 15.9. The Morgan fingerprint density at radius 1 is 1.25 bits per heavy atom. The zero-order chi connectivity index (χ0) is 19.8. The number of carbonyl (C=O) groups is 2. The third-order valence-electron chi connectivity index (χ3n) is 4.92. The summed E-state index contributed by atoms with van der Waals surface area (Å²) < 4.78 is 14.8. The number of aryl methyl sites for hydroxylation is 1. The van der Waals surface area contributed by atoms with Gasteiger partial charge in [0.2, 0.25) is 0 Å². The van der Waals surface area contributed by atoms with E-state index in [1.807, 2.05) is 24.3 Å². The summed E-state index contributed by atoms with van der Waals surface area (Å²) >= 11 is 0. The van der Waals surface area contributed by atoms with Gasteiger partial charge in [-0.05, 0) is 49.3 Å². The van der Waals surface area contributed by atoms with Crippen molar-refractivity contribution in [1.29, 1.82) is 0 Å². The molecule has 8 heteroatoms. The third-order valence-corrected chi connectivity index (χ3v) is 4.92. The normalized spacial score (nSPS) is 14.5. The Morgan fingerprint density at radius 2 is 2.00 bits per heavy atom. The number of oxazole rings is 1. The standard InChI is InChI=1S/C20H25N3O5/c1-26-20(25)23-10-8-16(9-11-23)3-2-15-4-6-17(7-5-15)22-19(24)27-13-18-12-21-14-28-18/h4-7,12,14,16H,2-3,8-11,13H2,1H3,(H,22,24). The first-order valence-corrected chi connectivity index (χ1v) is 9.37. The van der Waals surface area contributed by atoms with E-state index in [9.17, 15) is 9.59 Å². The first-order chi connectivity index (χ1) is 13.6. The molecule has 28 heavy (non-hydrogen) atoms. The van der Waals surface area contributed by atoms with Gasteiger partial charge in [0.15, 0.2) is 18.8 Å². The van der Waals surface area contributed by atoms with Crippen LogP contribution in [-0.2, 0) is 22.5 Å². The van der Waals surface area contributed by atoms with Crippen LogP contribution in [0, 0.1) is 5.92 Å². The van der Waals surface area contributed by atoms with E-state index in [-0.39, 0.29) is 12.7 Å². The first-order valence-electron chi connectivity index (χ1n) is 9.37. The van der Waals surface area contributed by atoms with Crippen LogP contribution in [0.2, 0.25) is 0 Å². The first kappa shape index (κ1) is 19.7. The highest BCUT2D eigenvalue weighted by atomic mass is 16.6. The van der Waals surface area contributed by atoms with Crippen molar-refractivity contribution in [2.45, 2.75) is 32.3 Å². The minimum absolute atomic E-state index is 0.0404. The molecule has 0 atom stereocenters. The van der Waals surface area contributed by atoms with Crippen molar-refractivity contribution >= 4 is 17.9 Å². The molecule has 1 aromatic carbocycles. The zero-order valence-electron chi connectivity index (χ0n) is 15.9. The van der Waals surface area contributed by atoms with E-state index in [1.54, 1.807) is 4.90 Å². The molecule has 2 aromatic rings. The van der Waals surface area contributed by atoms with Gasteiger partial charge in [0.1, 0.15) is 0 Å². The van der Waals surface area contributed by atoms with Crippen molar-refractivity contribution < 1.29 is 23.5 Å². The molecule has 150 valence electrons. The van der Waals surface area contributed by atoms with Crippen LogP contribution in [0.1, 0.15) is 30.6 Å². The molecule has 1 aromatic heterocycles. The summed E-state index contributed by atoms with van der Waals surface area (Å²) in [5, 5.41) is 2.69. The molecule has 1 N–H and O–H groups in total. The van der Waals surface area contributed by atoms with Crippen LogP contribution >= 0.6 is 0 Å². The molecule has 0 aliphatic carbocycles. The second-order valence-electron chi connectivity index (χ2n) is 6.80. The van der Waals surface area contributed by atoms with E-state index >= 15 is 0 Å². The van der Waals surface area contributed by atoms with Crippen molar-refractivity contribution in [2.24, 2.45) is 5.92 Å². The fourth-order valence-electron chi connectivity index (χ4n) is 3.26. The summed E-state index contributed by atoms with van der Waals surface area (Å²) in [6, 6.07) is 7.75. The molecule has 0 radical (unpaired) electrons. The highest BCUT2D eigenvalue weighted by Crippen LogP contribution is 2.23.